The van der Waals surface area contributed by atoms with Gasteiger partial charge in [0.05, 0.1) is 0 Å². The van der Waals surface area contributed by atoms with Crippen LogP contribution < -0.4 is 5.32 Å². The smallest absolute Gasteiger partial charge is 0.250 e. The highest BCUT2D eigenvalue weighted by atomic mass is 16.2. The van der Waals surface area contributed by atoms with Gasteiger partial charge in [-0.3, -0.25) is 14.9 Å². The van der Waals surface area contributed by atoms with Crippen molar-refractivity contribution in [3.05, 3.63) is 27.0 Å². The Morgan fingerprint density at radius 2 is 1.33 bits per heavy atom. The summed E-state index contributed by atoms with van der Waals surface area (Å²) in [6.07, 6.45) is 2.39. The van der Waals surface area contributed by atoms with E-state index in [0.717, 1.165) is 0 Å². The Hall–Kier alpha value is -1.12. The maximum atomic E-state index is 10.0. The van der Waals surface area contributed by atoms with Crippen LogP contribution in [-0.2, 0) is 9.59 Å². The third-order valence-corrected chi connectivity index (χ3v) is 0.632. The van der Waals surface area contributed by atoms with E-state index in [4.69, 9.17) is 0 Å². The summed E-state index contributed by atoms with van der Waals surface area (Å²) in [5, 5.41) is 2.03. The first-order chi connectivity index (χ1) is 3.29. The number of hydrogen-bond acceptors (Lipinski definition) is 2. The minimum absolute atomic E-state index is 0. The van der Waals surface area contributed by atoms with Gasteiger partial charge in [0.2, 0.25) is 0 Å². The highest BCUT2D eigenvalue weighted by molar-refractivity contribution is 6.12. The molecule has 0 aliphatic carbocycles. The third kappa shape index (κ3) is 2.64. The predicted octanol–water partition coefficient (Wildman–Crippen LogP) is -0.638. The minimum atomic E-state index is -0.329. The Balaban J connectivity index is 0. The van der Waals surface area contributed by atoms with E-state index < -0.39 is 0 Å². The molecule has 0 atom stereocenters. The first-order valence-electron chi connectivity index (χ1n) is 1.82. The zero-order valence-corrected chi connectivity index (χ0v) is 4.47. The average Bonchev–Trinajstić information content (AvgIpc) is 1.87. The van der Waals surface area contributed by atoms with E-state index in [2.05, 4.69) is 0 Å². The van der Waals surface area contributed by atoms with E-state index >= 15 is 0 Å². The summed E-state index contributed by atoms with van der Waals surface area (Å²) in [5.41, 5.74) is 0. The van der Waals surface area contributed by atoms with Crippen LogP contribution in [0.25, 0.3) is 0 Å². The van der Waals surface area contributed by atoms with Crippen molar-refractivity contribution in [2.24, 2.45) is 0 Å². The Kier molecular flexibility index (Phi) is 4.59. The molecule has 0 unspecified atom stereocenters. The highest BCUT2D eigenvalue weighted by Crippen LogP contribution is 1.82. The molecule has 0 saturated carbocycles. The summed E-state index contributed by atoms with van der Waals surface area (Å²) in [7, 11) is 0. The monoisotopic (exact) mass is 121 g/mol. The van der Waals surface area contributed by atoms with E-state index in [1.807, 2.05) is 5.32 Å². The quantitative estimate of drug-likeness (QED) is 0.433. The number of carbonyl (C=O) groups excluding carboxylic acids is 2. The first-order valence-corrected chi connectivity index (χ1v) is 1.82. The van der Waals surface area contributed by atoms with Gasteiger partial charge in [0, 0.05) is 27.0 Å². The van der Waals surface area contributed by atoms with Gasteiger partial charge >= 0.3 is 0 Å². The van der Waals surface area contributed by atoms with Gasteiger partial charge in [-0.1, -0.05) is 0 Å². The fourth-order valence-electron chi connectivity index (χ4n) is 0.356. The molecule has 0 saturated heterocycles. The Labute approximate surface area is 54.8 Å². The van der Waals surface area contributed by atoms with E-state index in [9.17, 15) is 9.59 Å². The van der Waals surface area contributed by atoms with Crippen molar-refractivity contribution in [1.82, 2.24) is 5.32 Å². The summed E-state index contributed by atoms with van der Waals surface area (Å²) >= 11 is 0. The van der Waals surface area contributed by atoms with Crippen LogP contribution in [0.1, 0.15) is 0 Å². The Bertz CT molecular complexity index is 133. The van der Waals surface area contributed by atoms with Crippen LogP contribution in [0.15, 0.2) is 12.2 Å². The zero-order valence-electron chi connectivity index (χ0n) is 4.47. The molecule has 3 heteroatoms. The molecule has 0 aromatic heterocycles. The van der Waals surface area contributed by atoms with E-state index in [1.165, 1.54) is 12.2 Å². The molecule has 9 heavy (non-hydrogen) atoms. The van der Waals surface area contributed by atoms with Gasteiger partial charge < -0.3 is 0 Å². The summed E-state index contributed by atoms with van der Waals surface area (Å²) in [6.45, 7) is 0. The molecular formula is C6H3NO2. The number of imide groups is 1. The number of nitrogens with one attached hydrogen (secondary N) is 1. The molecule has 1 rings (SSSR count). The molecule has 8 radical (unpaired) electrons. The summed E-state index contributed by atoms with van der Waals surface area (Å²) in [4.78, 5) is 20.1. The maximum Gasteiger partial charge on any atom is 0.250 e. The minimum Gasteiger partial charge on any atom is -0.289 e. The van der Waals surface area contributed by atoms with Crippen LogP contribution in [0.5, 0.6) is 0 Å². The largest absolute Gasteiger partial charge is 0.289 e. The lowest BCUT2D eigenvalue weighted by atomic mass is 10.6. The van der Waals surface area contributed by atoms with Crippen molar-refractivity contribution < 1.29 is 9.59 Å². The summed E-state index contributed by atoms with van der Waals surface area (Å²) < 4.78 is 0. The molecule has 1 heterocycles. The van der Waals surface area contributed by atoms with Crippen molar-refractivity contribution in [3.8, 4) is 0 Å². The SMILES string of the molecule is O=C1C=CC(=O)N1.[C].[C]. The standard InChI is InChI=1S/C4H3NO2.2C/c6-3-1-2-4(7)5-3;;/h1-2H,(H,5,6,7);;. The molecule has 1 aliphatic rings. The van der Waals surface area contributed by atoms with Gasteiger partial charge in [-0.2, -0.15) is 0 Å². The van der Waals surface area contributed by atoms with Gasteiger partial charge in [-0.15, -0.1) is 0 Å². The molecule has 0 fully saturated rings. The van der Waals surface area contributed by atoms with Gasteiger partial charge in [-0.05, 0) is 0 Å². The fraction of sp³-hybridized carbons (Fsp3) is 0. The van der Waals surface area contributed by atoms with Crippen molar-refractivity contribution in [1.29, 1.82) is 0 Å². The van der Waals surface area contributed by atoms with E-state index in [0.29, 0.717) is 0 Å². The van der Waals surface area contributed by atoms with Gasteiger partial charge in [0.25, 0.3) is 11.8 Å². The number of rotatable bonds is 0. The van der Waals surface area contributed by atoms with Crippen molar-refractivity contribution in [2.45, 2.75) is 0 Å². The number of hydrogen-bond donors (Lipinski definition) is 1. The lowest BCUT2D eigenvalue weighted by Crippen LogP contribution is -2.19. The summed E-state index contributed by atoms with van der Waals surface area (Å²) in [6, 6.07) is 0. The molecule has 0 bridgehead atoms. The molecule has 0 aromatic carbocycles. The second kappa shape index (κ2) is 3.83. The Morgan fingerprint density at radius 1 is 1.00 bits per heavy atom. The second-order valence-electron chi connectivity index (χ2n) is 1.19. The normalized spacial score (nSPS) is 13.8. The average molecular weight is 121 g/mol. The highest BCUT2D eigenvalue weighted by Gasteiger charge is 2.06. The fourth-order valence-corrected chi connectivity index (χ4v) is 0.356. The topological polar surface area (TPSA) is 46.2 Å². The molecule has 44 valence electrons. The number of carbonyl (C=O) groups is 2. The third-order valence-electron chi connectivity index (χ3n) is 0.632. The molecule has 1 N–H and O–H groups in total. The first kappa shape index (κ1) is 10.8. The molecular weight excluding hydrogens is 118 g/mol. The molecule has 0 spiro atoms. The van der Waals surface area contributed by atoms with Gasteiger partial charge in [-0.25, -0.2) is 0 Å². The van der Waals surface area contributed by atoms with Crippen LogP contribution in [0.2, 0.25) is 0 Å². The van der Waals surface area contributed by atoms with Crippen LogP contribution >= 0.6 is 0 Å². The summed E-state index contributed by atoms with van der Waals surface area (Å²) in [5.74, 6) is -0.657. The van der Waals surface area contributed by atoms with Gasteiger partial charge in [0.1, 0.15) is 0 Å². The lowest BCUT2D eigenvalue weighted by molar-refractivity contribution is -0.123. The number of amides is 2. The maximum absolute atomic E-state index is 10.0. The van der Waals surface area contributed by atoms with Crippen LogP contribution in [0, 0.1) is 14.9 Å². The molecule has 3 nitrogen and oxygen atoms in total. The molecule has 2 amide bonds. The van der Waals surface area contributed by atoms with E-state index in [1.54, 1.807) is 0 Å². The van der Waals surface area contributed by atoms with Crippen molar-refractivity contribution in [3.63, 3.8) is 0 Å². The lowest BCUT2D eigenvalue weighted by Gasteiger charge is -1.80. The van der Waals surface area contributed by atoms with E-state index in [-0.39, 0.29) is 26.7 Å². The van der Waals surface area contributed by atoms with Crippen molar-refractivity contribution in [2.75, 3.05) is 0 Å². The van der Waals surface area contributed by atoms with Crippen LogP contribution in [-0.4, -0.2) is 11.8 Å². The van der Waals surface area contributed by atoms with Crippen LogP contribution in [0.4, 0.5) is 0 Å². The van der Waals surface area contributed by atoms with Crippen molar-refractivity contribution >= 4 is 11.8 Å². The second-order valence-corrected chi connectivity index (χ2v) is 1.19. The molecule has 0 aromatic rings. The zero-order chi connectivity index (χ0) is 5.28. The molecule has 1 aliphatic heterocycles. The van der Waals surface area contributed by atoms with Gasteiger partial charge in [0.15, 0.2) is 0 Å². The van der Waals surface area contributed by atoms with Crippen LogP contribution in [0.3, 0.4) is 0 Å². The Morgan fingerprint density at radius 3 is 1.44 bits per heavy atom. The predicted molar refractivity (Wildman–Crippen MR) is 28.8 cm³/mol.